The molecule has 0 aliphatic heterocycles. The number of nitrogens with zero attached hydrogens (tertiary/aromatic N) is 1. The standard InChI is InChI=1S/C25H18Br2N2O/c1-17-24(25(30)29(28-17)22-5-3-2-4-6-22)23(19-10-14-21(27)15-11-19)16-9-18-7-12-20(26)13-8-18/h2-16,28H,1H2/b16-9+,24-23+. The van der Waals surface area contributed by atoms with Gasteiger partial charge in [0.05, 0.1) is 16.3 Å². The van der Waals surface area contributed by atoms with Gasteiger partial charge in [0.15, 0.2) is 0 Å². The second-order valence-electron chi connectivity index (χ2n) is 6.75. The van der Waals surface area contributed by atoms with Crippen LogP contribution < -0.4 is 16.1 Å². The second kappa shape index (κ2) is 8.86. The van der Waals surface area contributed by atoms with Crippen LogP contribution in [-0.2, 0) is 0 Å². The molecule has 0 aliphatic rings. The van der Waals surface area contributed by atoms with Crippen LogP contribution in [0.5, 0.6) is 0 Å². The van der Waals surface area contributed by atoms with Crippen molar-refractivity contribution in [2.24, 2.45) is 0 Å². The zero-order valence-corrected chi connectivity index (χ0v) is 19.2. The van der Waals surface area contributed by atoms with Crippen molar-refractivity contribution in [3.63, 3.8) is 0 Å². The minimum atomic E-state index is -0.135. The Morgan fingerprint density at radius 2 is 1.47 bits per heavy atom. The van der Waals surface area contributed by atoms with E-state index in [9.17, 15) is 4.79 Å². The summed E-state index contributed by atoms with van der Waals surface area (Å²) in [6.45, 7) is 4.11. The third kappa shape index (κ3) is 4.32. The topological polar surface area (TPSA) is 37.8 Å². The maximum Gasteiger partial charge on any atom is 0.279 e. The molecule has 0 radical (unpaired) electrons. The average Bonchev–Trinajstić information content (AvgIpc) is 3.06. The third-order valence-electron chi connectivity index (χ3n) is 4.72. The monoisotopic (exact) mass is 520 g/mol. The van der Waals surface area contributed by atoms with Crippen molar-refractivity contribution in [1.82, 2.24) is 9.78 Å². The predicted octanol–water partition coefficient (Wildman–Crippen LogP) is 5.01. The molecule has 0 atom stereocenters. The highest BCUT2D eigenvalue weighted by Gasteiger charge is 2.09. The van der Waals surface area contributed by atoms with Crippen LogP contribution in [0, 0.1) is 0 Å². The van der Waals surface area contributed by atoms with Crippen molar-refractivity contribution in [2.45, 2.75) is 0 Å². The van der Waals surface area contributed by atoms with E-state index in [0.29, 0.717) is 10.6 Å². The van der Waals surface area contributed by atoms with Crippen LogP contribution in [0.3, 0.4) is 0 Å². The fourth-order valence-corrected chi connectivity index (χ4v) is 3.75. The van der Waals surface area contributed by atoms with Gasteiger partial charge in [-0.2, -0.15) is 0 Å². The molecule has 4 aromatic rings. The van der Waals surface area contributed by atoms with Gasteiger partial charge in [0.1, 0.15) is 0 Å². The SMILES string of the molecule is C=c1[nH]n(-c2ccccc2)c(=O)/c1=C(\C=C\c1ccc(Br)cc1)c1ccc(Br)cc1. The van der Waals surface area contributed by atoms with Gasteiger partial charge >= 0.3 is 0 Å². The van der Waals surface area contributed by atoms with Crippen molar-refractivity contribution in [2.75, 3.05) is 0 Å². The second-order valence-corrected chi connectivity index (χ2v) is 8.58. The molecule has 3 nitrogen and oxygen atoms in total. The van der Waals surface area contributed by atoms with Gasteiger partial charge in [-0.3, -0.25) is 9.89 Å². The number of benzene rings is 3. The number of aromatic amines is 1. The van der Waals surface area contributed by atoms with E-state index in [0.717, 1.165) is 31.3 Å². The fraction of sp³-hybridized carbons (Fsp3) is 0. The summed E-state index contributed by atoms with van der Waals surface area (Å²) in [5, 5.41) is 4.24. The summed E-state index contributed by atoms with van der Waals surface area (Å²) < 4.78 is 3.53. The smallest absolute Gasteiger partial charge is 0.279 e. The van der Waals surface area contributed by atoms with Crippen molar-refractivity contribution in [1.29, 1.82) is 0 Å². The summed E-state index contributed by atoms with van der Waals surface area (Å²) in [5.74, 6) is 0. The molecule has 1 N–H and O–H groups in total. The van der Waals surface area contributed by atoms with E-state index < -0.39 is 0 Å². The molecule has 1 aromatic heterocycles. The summed E-state index contributed by atoms with van der Waals surface area (Å²) in [5.41, 5.74) is 3.42. The molecule has 148 valence electrons. The Morgan fingerprint density at radius 3 is 2.10 bits per heavy atom. The Bertz CT molecular complexity index is 1360. The molecular weight excluding hydrogens is 504 g/mol. The molecule has 0 saturated heterocycles. The fourth-order valence-electron chi connectivity index (χ4n) is 3.23. The Hall–Kier alpha value is -2.89. The number of aromatic nitrogens is 2. The summed E-state index contributed by atoms with van der Waals surface area (Å²) in [7, 11) is 0. The maximum absolute atomic E-state index is 13.3. The Morgan fingerprint density at radius 1 is 0.867 bits per heavy atom. The molecule has 4 rings (SSSR count). The first-order valence-electron chi connectivity index (χ1n) is 9.32. The van der Waals surface area contributed by atoms with E-state index in [-0.39, 0.29) is 5.56 Å². The number of H-pyrrole nitrogens is 1. The lowest BCUT2D eigenvalue weighted by Crippen LogP contribution is -2.36. The first-order valence-corrected chi connectivity index (χ1v) is 10.9. The van der Waals surface area contributed by atoms with Crippen LogP contribution in [0.1, 0.15) is 11.1 Å². The van der Waals surface area contributed by atoms with Gasteiger partial charge < -0.3 is 0 Å². The van der Waals surface area contributed by atoms with Gasteiger partial charge in [-0.25, -0.2) is 4.68 Å². The number of para-hydroxylation sites is 1. The van der Waals surface area contributed by atoms with Crippen LogP contribution in [-0.4, -0.2) is 9.78 Å². The van der Waals surface area contributed by atoms with Crippen molar-refractivity contribution in [3.05, 3.63) is 126 Å². The molecule has 0 unspecified atom stereocenters. The highest BCUT2D eigenvalue weighted by Crippen LogP contribution is 2.18. The number of rotatable bonds is 4. The highest BCUT2D eigenvalue weighted by molar-refractivity contribution is 9.10. The van der Waals surface area contributed by atoms with E-state index >= 15 is 0 Å². The normalized spacial score (nSPS) is 12.3. The molecule has 0 aliphatic carbocycles. The van der Waals surface area contributed by atoms with Crippen LogP contribution in [0.15, 0.2) is 98.7 Å². The first kappa shape index (κ1) is 20.4. The lowest BCUT2D eigenvalue weighted by molar-refractivity contribution is 0.838. The molecule has 0 fully saturated rings. The number of halogens is 2. The molecule has 0 bridgehead atoms. The van der Waals surface area contributed by atoms with Crippen LogP contribution in [0.2, 0.25) is 0 Å². The van der Waals surface area contributed by atoms with E-state index in [1.807, 2.05) is 91.0 Å². The van der Waals surface area contributed by atoms with Crippen molar-refractivity contribution >= 4 is 50.1 Å². The minimum absolute atomic E-state index is 0.135. The Kier molecular flexibility index (Phi) is 6.02. The Balaban J connectivity index is 1.96. The molecule has 0 amide bonds. The van der Waals surface area contributed by atoms with E-state index in [2.05, 4.69) is 43.5 Å². The average molecular weight is 522 g/mol. The van der Waals surface area contributed by atoms with Gasteiger partial charge in [0.2, 0.25) is 0 Å². The molecule has 0 spiro atoms. The number of nitrogens with one attached hydrogen (secondary N) is 1. The highest BCUT2D eigenvalue weighted by atomic mass is 79.9. The molecule has 1 heterocycles. The van der Waals surface area contributed by atoms with Crippen molar-refractivity contribution < 1.29 is 0 Å². The summed E-state index contributed by atoms with van der Waals surface area (Å²) in [4.78, 5) is 13.3. The molecule has 3 aromatic carbocycles. The van der Waals surface area contributed by atoms with Gasteiger partial charge in [-0.05, 0) is 53.1 Å². The largest absolute Gasteiger partial charge is 0.291 e. The van der Waals surface area contributed by atoms with Crippen molar-refractivity contribution in [3.8, 4) is 5.69 Å². The van der Waals surface area contributed by atoms with Gasteiger partial charge in [0, 0.05) is 8.95 Å². The molecular formula is C25H18Br2N2O. The summed E-state index contributed by atoms with van der Waals surface area (Å²) in [6, 6.07) is 25.4. The minimum Gasteiger partial charge on any atom is -0.291 e. The lowest BCUT2D eigenvalue weighted by Gasteiger charge is -2.03. The summed E-state index contributed by atoms with van der Waals surface area (Å²) >= 11 is 6.94. The van der Waals surface area contributed by atoms with Crippen LogP contribution >= 0.6 is 31.9 Å². The van der Waals surface area contributed by atoms with Crippen LogP contribution in [0.4, 0.5) is 0 Å². The van der Waals surface area contributed by atoms with E-state index in [1.165, 1.54) is 4.68 Å². The van der Waals surface area contributed by atoms with Gasteiger partial charge in [-0.15, -0.1) is 0 Å². The van der Waals surface area contributed by atoms with E-state index in [4.69, 9.17) is 0 Å². The number of allylic oxidation sites excluding steroid dienone is 1. The van der Waals surface area contributed by atoms with Gasteiger partial charge in [0.25, 0.3) is 5.56 Å². The zero-order chi connectivity index (χ0) is 21.1. The number of hydrogen-bond acceptors (Lipinski definition) is 1. The van der Waals surface area contributed by atoms with Crippen LogP contribution in [0.25, 0.3) is 23.9 Å². The Labute approximate surface area is 190 Å². The number of hydrogen-bond donors (Lipinski definition) is 1. The zero-order valence-electron chi connectivity index (χ0n) is 16.0. The maximum atomic E-state index is 13.3. The first-order chi connectivity index (χ1) is 14.5. The van der Waals surface area contributed by atoms with Gasteiger partial charge in [-0.1, -0.05) is 93.1 Å². The quantitative estimate of drug-likeness (QED) is 0.402. The third-order valence-corrected chi connectivity index (χ3v) is 5.77. The molecule has 5 heteroatoms. The summed E-state index contributed by atoms with van der Waals surface area (Å²) in [6.07, 6.45) is 3.98. The molecule has 30 heavy (non-hydrogen) atoms. The predicted molar refractivity (Wildman–Crippen MR) is 131 cm³/mol. The molecule has 0 saturated carbocycles. The lowest BCUT2D eigenvalue weighted by atomic mass is 10.0. The van der Waals surface area contributed by atoms with E-state index in [1.54, 1.807) is 0 Å².